The van der Waals surface area contributed by atoms with E-state index in [2.05, 4.69) is 5.32 Å². The highest BCUT2D eigenvalue weighted by Gasteiger charge is 2.01. The number of phenolic OH excluding ortho intramolecular Hbond substituents is 1. The molecule has 0 heterocycles. The molecule has 17 heavy (non-hydrogen) atoms. The fourth-order valence-electron chi connectivity index (χ4n) is 1.59. The van der Waals surface area contributed by atoms with Crippen LogP contribution >= 0.6 is 0 Å². The molecule has 4 heteroatoms. The van der Waals surface area contributed by atoms with E-state index in [1.165, 1.54) is 18.2 Å². The molecule has 1 aromatic carbocycles. The third kappa shape index (κ3) is 5.65. The molecule has 0 bridgehead atoms. The van der Waals surface area contributed by atoms with Crippen LogP contribution in [0.3, 0.4) is 0 Å². The lowest BCUT2D eigenvalue weighted by molar-refractivity contribution is 0.192. The van der Waals surface area contributed by atoms with Crippen LogP contribution in [0.25, 0.3) is 0 Å². The number of rotatable bonds is 8. The zero-order valence-electron chi connectivity index (χ0n) is 10.2. The van der Waals surface area contributed by atoms with Gasteiger partial charge in [0.2, 0.25) is 0 Å². The summed E-state index contributed by atoms with van der Waals surface area (Å²) in [5.74, 6) is -0.182. The zero-order valence-corrected chi connectivity index (χ0v) is 10.2. The van der Waals surface area contributed by atoms with Crippen LogP contribution < -0.4 is 5.32 Å². The Bertz CT molecular complexity index is 331. The average molecular weight is 241 g/mol. The fraction of sp³-hybridized carbons (Fsp3) is 0.538. The molecule has 1 aromatic rings. The number of unbranched alkanes of at least 4 members (excludes halogenated alkanes) is 2. The number of nitrogens with one attached hydrogen (secondary N) is 1. The average Bonchev–Trinajstić information content (AvgIpc) is 2.32. The highest BCUT2D eigenvalue weighted by Crippen LogP contribution is 2.17. The van der Waals surface area contributed by atoms with E-state index >= 15 is 0 Å². The quantitative estimate of drug-likeness (QED) is 0.687. The molecule has 0 aliphatic rings. The molecule has 0 saturated carbocycles. The Hall–Kier alpha value is -1.13. The molecule has 2 N–H and O–H groups in total. The standard InChI is InChI=1S/C13H20FNO2/c1-17-8-4-2-3-7-15-10-11-9-12(14)5-6-13(11)16/h5-6,9,15-16H,2-4,7-8,10H2,1H3. The van der Waals surface area contributed by atoms with Crippen molar-refractivity contribution in [3.63, 3.8) is 0 Å². The van der Waals surface area contributed by atoms with Crippen LogP contribution in [0.15, 0.2) is 18.2 Å². The van der Waals surface area contributed by atoms with Crippen molar-refractivity contribution < 1.29 is 14.2 Å². The number of phenols is 1. The zero-order chi connectivity index (χ0) is 12.5. The van der Waals surface area contributed by atoms with E-state index < -0.39 is 0 Å². The summed E-state index contributed by atoms with van der Waals surface area (Å²) in [6, 6.07) is 3.99. The fourth-order valence-corrected chi connectivity index (χ4v) is 1.59. The van der Waals surface area contributed by atoms with E-state index in [4.69, 9.17) is 4.74 Å². The topological polar surface area (TPSA) is 41.5 Å². The van der Waals surface area contributed by atoms with Crippen LogP contribution in [-0.4, -0.2) is 25.4 Å². The van der Waals surface area contributed by atoms with Crippen LogP contribution in [0.4, 0.5) is 4.39 Å². The van der Waals surface area contributed by atoms with Crippen molar-refractivity contribution in [3.05, 3.63) is 29.6 Å². The van der Waals surface area contributed by atoms with Gasteiger partial charge >= 0.3 is 0 Å². The van der Waals surface area contributed by atoms with Gasteiger partial charge in [0.05, 0.1) is 0 Å². The minimum absolute atomic E-state index is 0.137. The Morgan fingerprint density at radius 3 is 2.88 bits per heavy atom. The molecule has 0 amide bonds. The number of aromatic hydroxyl groups is 1. The van der Waals surface area contributed by atoms with Gasteiger partial charge < -0.3 is 15.2 Å². The molecule has 0 aliphatic carbocycles. The first-order valence-corrected chi connectivity index (χ1v) is 5.91. The number of hydrogen-bond acceptors (Lipinski definition) is 3. The van der Waals surface area contributed by atoms with Crippen LogP contribution in [0.1, 0.15) is 24.8 Å². The van der Waals surface area contributed by atoms with Gasteiger partial charge in [-0.05, 0) is 44.0 Å². The molecule has 0 aliphatic heterocycles. The summed E-state index contributed by atoms with van der Waals surface area (Å²) in [4.78, 5) is 0. The van der Waals surface area contributed by atoms with E-state index in [0.29, 0.717) is 12.1 Å². The maximum absolute atomic E-state index is 12.9. The summed E-state index contributed by atoms with van der Waals surface area (Å²) in [5.41, 5.74) is 0.599. The molecule has 1 rings (SSSR count). The van der Waals surface area contributed by atoms with Gasteiger partial charge in [0, 0.05) is 25.8 Å². The van der Waals surface area contributed by atoms with Gasteiger partial charge in [-0.3, -0.25) is 0 Å². The number of methoxy groups -OCH3 is 1. The second-order valence-electron chi connectivity index (χ2n) is 4.00. The van der Waals surface area contributed by atoms with E-state index in [-0.39, 0.29) is 11.6 Å². The van der Waals surface area contributed by atoms with E-state index in [1.54, 1.807) is 7.11 Å². The SMILES string of the molecule is COCCCCCNCc1cc(F)ccc1O. The van der Waals surface area contributed by atoms with E-state index in [9.17, 15) is 9.50 Å². The lowest BCUT2D eigenvalue weighted by Crippen LogP contribution is -2.15. The Balaban J connectivity index is 2.15. The summed E-state index contributed by atoms with van der Waals surface area (Å²) in [6.45, 7) is 2.15. The first-order valence-electron chi connectivity index (χ1n) is 5.91. The Morgan fingerprint density at radius 2 is 2.12 bits per heavy atom. The van der Waals surface area contributed by atoms with E-state index in [1.807, 2.05) is 0 Å². The molecular weight excluding hydrogens is 221 g/mol. The monoisotopic (exact) mass is 241 g/mol. The van der Waals surface area contributed by atoms with Gasteiger partial charge in [0.15, 0.2) is 0 Å². The Kier molecular flexibility index (Phi) is 6.58. The van der Waals surface area contributed by atoms with Crippen LogP contribution in [0.5, 0.6) is 5.75 Å². The molecule has 0 aromatic heterocycles. The van der Waals surface area contributed by atoms with Crippen molar-refractivity contribution in [2.75, 3.05) is 20.3 Å². The second kappa shape index (κ2) is 8.03. The summed E-state index contributed by atoms with van der Waals surface area (Å²) in [6.07, 6.45) is 3.22. The maximum Gasteiger partial charge on any atom is 0.123 e. The Labute approximate surface area is 102 Å². The van der Waals surface area contributed by atoms with Crippen molar-refractivity contribution in [1.82, 2.24) is 5.32 Å². The molecule has 0 fully saturated rings. The van der Waals surface area contributed by atoms with Gasteiger partial charge in [0.25, 0.3) is 0 Å². The second-order valence-corrected chi connectivity index (χ2v) is 4.00. The predicted molar refractivity (Wildman–Crippen MR) is 65.5 cm³/mol. The van der Waals surface area contributed by atoms with Crippen LogP contribution in [0.2, 0.25) is 0 Å². The van der Waals surface area contributed by atoms with E-state index in [0.717, 1.165) is 32.4 Å². The first-order chi connectivity index (χ1) is 8.24. The normalized spacial score (nSPS) is 10.7. The maximum atomic E-state index is 12.9. The van der Waals surface area contributed by atoms with Gasteiger partial charge in [-0.2, -0.15) is 0 Å². The largest absolute Gasteiger partial charge is 0.508 e. The van der Waals surface area contributed by atoms with Crippen molar-refractivity contribution >= 4 is 0 Å². The lowest BCUT2D eigenvalue weighted by atomic mass is 10.2. The molecule has 96 valence electrons. The summed E-state index contributed by atoms with van der Waals surface area (Å²) >= 11 is 0. The summed E-state index contributed by atoms with van der Waals surface area (Å²) in [7, 11) is 1.70. The number of halogens is 1. The lowest BCUT2D eigenvalue weighted by Gasteiger charge is -2.07. The Morgan fingerprint density at radius 1 is 1.29 bits per heavy atom. The number of benzene rings is 1. The predicted octanol–water partition coefficient (Wildman–Crippen LogP) is 2.44. The third-order valence-electron chi connectivity index (χ3n) is 2.56. The van der Waals surface area contributed by atoms with Gasteiger partial charge in [-0.25, -0.2) is 4.39 Å². The molecule has 0 unspecified atom stereocenters. The van der Waals surface area contributed by atoms with Crippen molar-refractivity contribution in [2.45, 2.75) is 25.8 Å². The molecule has 0 radical (unpaired) electrons. The minimum atomic E-state index is -0.320. The highest BCUT2D eigenvalue weighted by molar-refractivity contribution is 5.32. The van der Waals surface area contributed by atoms with Gasteiger partial charge in [0.1, 0.15) is 11.6 Å². The molecule has 0 spiro atoms. The summed E-state index contributed by atoms with van der Waals surface area (Å²) < 4.78 is 17.9. The smallest absolute Gasteiger partial charge is 0.123 e. The third-order valence-corrected chi connectivity index (χ3v) is 2.56. The van der Waals surface area contributed by atoms with Crippen LogP contribution in [0, 0.1) is 5.82 Å². The number of hydrogen-bond donors (Lipinski definition) is 2. The molecule has 0 atom stereocenters. The minimum Gasteiger partial charge on any atom is -0.508 e. The highest BCUT2D eigenvalue weighted by atomic mass is 19.1. The first kappa shape index (κ1) is 13.9. The molecular formula is C13H20FNO2. The van der Waals surface area contributed by atoms with Crippen LogP contribution in [-0.2, 0) is 11.3 Å². The number of ether oxygens (including phenoxy) is 1. The van der Waals surface area contributed by atoms with Gasteiger partial charge in [-0.15, -0.1) is 0 Å². The van der Waals surface area contributed by atoms with Crippen molar-refractivity contribution in [1.29, 1.82) is 0 Å². The molecule has 0 saturated heterocycles. The summed E-state index contributed by atoms with van der Waals surface area (Å²) in [5, 5.41) is 12.7. The van der Waals surface area contributed by atoms with Crippen molar-refractivity contribution in [2.24, 2.45) is 0 Å². The molecule has 3 nitrogen and oxygen atoms in total. The van der Waals surface area contributed by atoms with Crippen molar-refractivity contribution in [3.8, 4) is 5.75 Å². The van der Waals surface area contributed by atoms with Gasteiger partial charge in [-0.1, -0.05) is 0 Å².